The van der Waals surface area contributed by atoms with Crippen molar-refractivity contribution in [3.05, 3.63) is 53.6 Å². The van der Waals surface area contributed by atoms with Gasteiger partial charge in [0.05, 0.1) is 18.8 Å². The summed E-state index contributed by atoms with van der Waals surface area (Å²) >= 11 is 0. The lowest BCUT2D eigenvalue weighted by Gasteiger charge is -2.19. The number of phenols is 1. The van der Waals surface area contributed by atoms with Gasteiger partial charge in [-0.25, -0.2) is 0 Å². The second-order valence-corrected chi connectivity index (χ2v) is 4.63. The number of phenolic OH excluding ortho intramolecular Hbond substituents is 1. The fraction of sp³-hybridized carbons (Fsp3) is 0.250. The number of hydrogen-bond donors (Lipinski definition) is 2. The van der Waals surface area contributed by atoms with E-state index >= 15 is 0 Å². The van der Waals surface area contributed by atoms with Crippen LogP contribution in [-0.2, 0) is 0 Å². The van der Waals surface area contributed by atoms with E-state index in [4.69, 9.17) is 4.74 Å². The minimum absolute atomic E-state index is 0.00287. The van der Waals surface area contributed by atoms with E-state index in [1.165, 1.54) is 0 Å². The van der Waals surface area contributed by atoms with Crippen LogP contribution in [0.3, 0.4) is 0 Å². The third-order valence-corrected chi connectivity index (χ3v) is 3.13. The van der Waals surface area contributed by atoms with Crippen LogP contribution in [-0.4, -0.2) is 12.2 Å². The van der Waals surface area contributed by atoms with Gasteiger partial charge in [-0.1, -0.05) is 24.3 Å². The van der Waals surface area contributed by atoms with E-state index in [1.54, 1.807) is 13.2 Å². The highest BCUT2D eigenvalue weighted by Crippen LogP contribution is 2.31. The molecule has 2 aromatic carbocycles. The SMILES string of the molecule is COc1ccccc1NC(C)c1ccc(C)cc1O. The van der Waals surface area contributed by atoms with Gasteiger partial charge in [-0.15, -0.1) is 0 Å². The maximum atomic E-state index is 10.00. The van der Waals surface area contributed by atoms with Crippen molar-refractivity contribution < 1.29 is 9.84 Å². The van der Waals surface area contributed by atoms with Crippen LogP contribution in [0.25, 0.3) is 0 Å². The molecular weight excluding hydrogens is 238 g/mol. The quantitative estimate of drug-likeness (QED) is 0.873. The van der Waals surface area contributed by atoms with Gasteiger partial charge in [0.1, 0.15) is 11.5 Å². The summed E-state index contributed by atoms with van der Waals surface area (Å²) in [7, 11) is 1.65. The largest absolute Gasteiger partial charge is 0.508 e. The van der Waals surface area contributed by atoms with Crippen molar-refractivity contribution in [2.75, 3.05) is 12.4 Å². The summed E-state index contributed by atoms with van der Waals surface area (Å²) in [4.78, 5) is 0. The molecule has 0 aliphatic carbocycles. The monoisotopic (exact) mass is 257 g/mol. The van der Waals surface area contributed by atoms with Crippen molar-refractivity contribution in [3.63, 3.8) is 0 Å². The molecule has 100 valence electrons. The molecule has 0 aliphatic rings. The zero-order valence-corrected chi connectivity index (χ0v) is 11.5. The first kappa shape index (κ1) is 13.3. The lowest BCUT2D eigenvalue weighted by atomic mass is 10.0. The van der Waals surface area contributed by atoms with Crippen molar-refractivity contribution in [2.24, 2.45) is 0 Å². The third-order valence-electron chi connectivity index (χ3n) is 3.13. The Morgan fingerprint density at radius 3 is 2.58 bits per heavy atom. The molecule has 0 radical (unpaired) electrons. The van der Waals surface area contributed by atoms with Crippen LogP contribution in [0, 0.1) is 6.92 Å². The van der Waals surface area contributed by atoms with Crippen LogP contribution in [0.1, 0.15) is 24.1 Å². The number of aromatic hydroxyl groups is 1. The third kappa shape index (κ3) is 2.99. The molecule has 0 spiro atoms. The molecule has 2 aromatic rings. The Hall–Kier alpha value is -2.16. The smallest absolute Gasteiger partial charge is 0.141 e. The summed E-state index contributed by atoms with van der Waals surface area (Å²) in [5, 5.41) is 13.3. The van der Waals surface area contributed by atoms with Crippen LogP contribution in [0.15, 0.2) is 42.5 Å². The number of anilines is 1. The highest BCUT2D eigenvalue weighted by molar-refractivity contribution is 5.58. The molecule has 2 N–H and O–H groups in total. The molecule has 3 nitrogen and oxygen atoms in total. The number of aryl methyl sites for hydroxylation is 1. The maximum Gasteiger partial charge on any atom is 0.141 e. The molecule has 0 saturated heterocycles. The number of methoxy groups -OCH3 is 1. The first-order chi connectivity index (χ1) is 9.11. The van der Waals surface area contributed by atoms with Crippen molar-refractivity contribution in [1.29, 1.82) is 0 Å². The zero-order chi connectivity index (χ0) is 13.8. The Morgan fingerprint density at radius 2 is 1.89 bits per heavy atom. The van der Waals surface area contributed by atoms with Crippen LogP contribution >= 0.6 is 0 Å². The van der Waals surface area contributed by atoms with Gasteiger partial charge in [-0.3, -0.25) is 0 Å². The summed E-state index contributed by atoms with van der Waals surface area (Å²) in [5.41, 5.74) is 2.83. The molecule has 1 atom stereocenters. The van der Waals surface area contributed by atoms with Crippen LogP contribution in [0.2, 0.25) is 0 Å². The molecule has 3 heteroatoms. The van der Waals surface area contributed by atoms with Crippen LogP contribution in [0.4, 0.5) is 5.69 Å². The minimum atomic E-state index is -0.00287. The summed E-state index contributed by atoms with van der Waals surface area (Å²) in [6.07, 6.45) is 0. The van der Waals surface area contributed by atoms with Crippen molar-refractivity contribution in [3.8, 4) is 11.5 Å². The molecular formula is C16H19NO2. The number of benzene rings is 2. The van der Waals surface area contributed by atoms with E-state index in [9.17, 15) is 5.11 Å². The number of nitrogens with one attached hydrogen (secondary N) is 1. The first-order valence-electron chi connectivity index (χ1n) is 6.31. The fourth-order valence-corrected chi connectivity index (χ4v) is 2.09. The molecule has 0 saturated carbocycles. The van der Waals surface area contributed by atoms with Crippen molar-refractivity contribution in [2.45, 2.75) is 19.9 Å². The van der Waals surface area contributed by atoms with E-state index in [-0.39, 0.29) is 6.04 Å². The highest BCUT2D eigenvalue weighted by Gasteiger charge is 2.12. The second kappa shape index (κ2) is 5.65. The molecule has 0 amide bonds. The fourth-order valence-electron chi connectivity index (χ4n) is 2.09. The van der Waals surface area contributed by atoms with E-state index in [0.717, 1.165) is 22.6 Å². The molecule has 0 aliphatic heterocycles. The number of hydrogen-bond acceptors (Lipinski definition) is 3. The van der Waals surface area contributed by atoms with Crippen LogP contribution < -0.4 is 10.1 Å². The van der Waals surface area contributed by atoms with Gasteiger partial charge in [0, 0.05) is 5.56 Å². The van der Waals surface area contributed by atoms with Crippen LogP contribution in [0.5, 0.6) is 11.5 Å². The summed E-state index contributed by atoms with van der Waals surface area (Å²) in [6.45, 7) is 3.97. The Balaban J connectivity index is 2.23. The maximum absolute atomic E-state index is 10.00. The van der Waals surface area contributed by atoms with Gasteiger partial charge < -0.3 is 15.2 Å². The average Bonchev–Trinajstić information content (AvgIpc) is 2.39. The van der Waals surface area contributed by atoms with E-state index in [2.05, 4.69) is 5.32 Å². The number of para-hydroxylation sites is 2. The lowest BCUT2D eigenvalue weighted by molar-refractivity contribution is 0.416. The molecule has 0 aromatic heterocycles. The standard InChI is InChI=1S/C16H19NO2/c1-11-8-9-13(15(18)10-11)12(2)17-14-6-4-5-7-16(14)19-3/h4-10,12,17-18H,1-3H3. The molecule has 0 heterocycles. The molecule has 0 bridgehead atoms. The van der Waals surface area contributed by atoms with Gasteiger partial charge in [-0.2, -0.15) is 0 Å². The lowest BCUT2D eigenvalue weighted by Crippen LogP contribution is -2.08. The van der Waals surface area contributed by atoms with Gasteiger partial charge in [0.2, 0.25) is 0 Å². The van der Waals surface area contributed by atoms with Gasteiger partial charge >= 0.3 is 0 Å². The normalized spacial score (nSPS) is 11.9. The zero-order valence-electron chi connectivity index (χ0n) is 11.5. The topological polar surface area (TPSA) is 41.5 Å². The van der Waals surface area contributed by atoms with E-state index in [1.807, 2.05) is 50.2 Å². The summed E-state index contributed by atoms with van der Waals surface area (Å²) in [5.74, 6) is 1.11. The summed E-state index contributed by atoms with van der Waals surface area (Å²) in [6, 6.07) is 13.5. The number of rotatable bonds is 4. The highest BCUT2D eigenvalue weighted by atomic mass is 16.5. The predicted molar refractivity (Wildman–Crippen MR) is 77.9 cm³/mol. The molecule has 1 unspecified atom stereocenters. The first-order valence-corrected chi connectivity index (χ1v) is 6.31. The Morgan fingerprint density at radius 1 is 1.16 bits per heavy atom. The Bertz CT molecular complexity index is 566. The predicted octanol–water partition coefficient (Wildman–Crippen LogP) is 3.88. The van der Waals surface area contributed by atoms with Gasteiger partial charge in [0.25, 0.3) is 0 Å². The Labute approximate surface area is 113 Å². The van der Waals surface area contributed by atoms with Gasteiger partial charge in [-0.05, 0) is 37.6 Å². The van der Waals surface area contributed by atoms with E-state index in [0.29, 0.717) is 5.75 Å². The molecule has 2 rings (SSSR count). The van der Waals surface area contributed by atoms with Crippen molar-refractivity contribution >= 4 is 5.69 Å². The molecule has 0 fully saturated rings. The minimum Gasteiger partial charge on any atom is -0.508 e. The Kier molecular flexibility index (Phi) is 3.95. The number of ether oxygens (including phenoxy) is 1. The van der Waals surface area contributed by atoms with Crippen molar-refractivity contribution in [1.82, 2.24) is 0 Å². The molecule has 19 heavy (non-hydrogen) atoms. The average molecular weight is 257 g/mol. The van der Waals surface area contributed by atoms with E-state index < -0.39 is 0 Å². The second-order valence-electron chi connectivity index (χ2n) is 4.63. The van der Waals surface area contributed by atoms with Gasteiger partial charge in [0.15, 0.2) is 0 Å². The summed E-state index contributed by atoms with van der Waals surface area (Å²) < 4.78 is 5.31.